The van der Waals surface area contributed by atoms with E-state index in [0.717, 1.165) is 34.1 Å². The maximum Gasteiger partial charge on any atom is 0.0561 e. The number of hydrogen-bond donors (Lipinski definition) is 0. The van der Waals surface area contributed by atoms with Crippen molar-refractivity contribution in [2.24, 2.45) is 0 Å². The fourth-order valence-corrected chi connectivity index (χ4v) is 11.4. The van der Waals surface area contributed by atoms with Gasteiger partial charge in [0, 0.05) is 64.7 Å². The van der Waals surface area contributed by atoms with Gasteiger partial charge in [0.25, 0.3) is 0 Å². The fraction of sp³-hybridized carbons (Fsp3) is 0.0508. The lowest BCUT2D eigenvalue weighted by atomic mass is 9.82. The zero-order chi connectivity index (χ0) is 41.4. The van der Waals surface area contributed by atoms with E-state index in [9.17, 15) is 0 Å². The Balaban J connectivity index is 1.21. The van der Waals surface area contributed by atoms with E-state index in [1.54, 1.807) is 0 Å². The van der Waals surface area contributed by atoms with Crippen molar-refractivity contribution >= 4 is 87.2 Å². The molecule has 0 bridgehead atoms. The van der Waals surface area contributed by atoms with Gasteiger partial charge in [-0.3, -0.25) is 0 Å². The third-order valence-electron chi connectivity index (χ3n) is 13.0. The van der Waals surface area contributed by atoms with Gasteiger partial charge in [0.1, 0.15) is 0 Å². The third kappa shape index (κ3) is 5.70. The summed E-state index contributed by atoms with van der Waals surface area (Å²) in [6.07, 6.45) is 0. The lowest BCUT2D eigenvalue weighted by Crippen LogP contribution is -2.16. The van der Waals surface area contributed by atoms with Crippen molar-refractivity contribution in [2.75, 3.05) is 9.80 Å². The summed E-state index contributed by atoms with van der Waals surface area (Å²) in [7, 11) is 0. The molecule has 0 aliphatic heterocycles. The Bertz CT molecular complexity index is 3500. The molecule has 0 N–H and O–H groups in total. The normalized spacial score (nSPS) is 12.8. The van der Waals surface area contributed by atoms with Crippen molar-refractivity contribution < 1.29 is 0 Å². The summed E-state index contributed by atoms with van der Waals surface area (Å²) < 4.78 is 2.62. The lowest BCUT2D eigenvalue weighted by Gasteiger charge is -2.32. The fourth-order valence-electron chi connectivity index (χ4n) is 10.1. The van der Waals surface area contributed by atoms with Crippen molar-refractivity contribution in [3.8, 4) is 22.3 Å². The van der Waals surface area contributed by atoms with Crippen molar-refractivity contribution in [1.82, 2.24) is 0 Å². The highest BCUT2D eigenvalue weighted by molar-refractivity contribution is 7.26. The predicted octanol–water partition coefficient (Wildman–Crippen LogP) is 17.3. The maximum atomic E-state index is 2.48. The number of benzene rings is 10. The van der Waals surface area contributed by atoms with Gasteiger partial charge in [-0.15, -0.1) is 11.3 Å². The molecule has 1 aliphatic carbocycles. The highest BCUT2D eigenvalue weighted by Crippen LogP contribution is 2.53. The van der Waals surface area contributed by atoms with Crippen molar-refractivity contribution in [2.45, 2.75) is 19.3 Å². The molecule has 0 saturated carbocycles. The van der Waals surface area contributed by atoms with Crippen LogP contribution in [0.4, 0.5) is 34.1 Å². The van der Waals surface area contributed by atoms with Crippen LogP contribution in [0, 0.1) is 0 Å². The second-order valence-electron chi connectivity index (χ2n) is 16.9. The summed E-state index contributed by atoms with van der Waals surface area (Å²) in [5.41, 5.74) is 14.2. The average molecular weight is 811 g/mol. The summed E-state index contributed by atoms with van der Waals surface area (Å²) in [5.74, 6) is 0. The van der Waals surface area contributed by atoms with E-state index in [1.807, 2.05) is 11.3 Å². The van der Waals surface area contributed by atoms with Crippen LogP contribution in [0.15, 0.2) is 218 Å². The molecule has 294 valence electrons. The van der Waals surface area contributed by atoms with E-state index in [0.29, 0.717) is 0 Å². The van der Waals surface area contributed by atoms with Crippen molar-refractivity contribution in [3.63, 3.8) is 0 Å². The minimum atomic E-state index is -0.0883. The van der Waals surface area contributed by atoms with Gasteiger partial charge in [0.2, 0.25) is 0 Å². The summed E-state index contributed by atoms with van der Waals surface area (Å²) in [4.78, 5) is 4.95. The highest BCUT2D eigenvalue weighted by atomic mass is 32.1. The summed E-state index contributed by atoms with van der Waals surface area (Å²) >= 11 is 1.90. The van der Waals surface area contributed by atoms with Gasteiger partial charge in [-0.1, -0.05) is 172 Å². The molecule has 0 spiro atoms. The first-order valence-electron chi connectivity index (χ1n) is 21.4. The second kappa shape index (κ2) is 14.3. The molecule has 0 atom stereocenters. The van der Waals surface area contributed by atoms with Crippen molar-refractivity contribution in [3.05, 3.63) is 230 Å². The summed E-state index contributed by atoms with van der Waals surface area (Å²) in [5, 5.41) is 7.53. The molecule has 12 rings (SSSR count). The molecular weight excluding hydrogens is 769 g/mol. The van der Waals surface area contributed by atoms with Crippen LogP contribution in [-0.4, -0.2) is 0 Å². The minimum absolute atomic E-state index is 0.0883. The van der Waals surface area contributed by atoms with E-state index in [1.165, 1.54) is 75.1 Å². The van der Waals surface area contributed by atoms with Gasteiger partial charge in [-0.05, 0) is 99.3 Å². The highest BCUT2D eigenvalue weighted by Gasteiger charge is 2.35. The largest absolute Gasteiger partial charge is 0.310 e. The van der Waals surface area contributed by atoms with Gasteiger partial charge in [0.15, 0.2) is 0 Å². The van der Waals surface area contributed by atoms with Crippen LogP contribution in [0.5, 0.6) is 0 Å². The zero-order valence-electron chi connectivity index (χ0n) is 34.6. The number of anilines is 6. The monoisotopic (exact) mass is 810 g/mol. The first-order chi connectivity index (χ1) is 30.5. The lowest BCUT2D eigenvalue weighted by molar-refractivity contribution is 0.660. The molecule has 2 nitrogen and oxygen atoms in total. The van der Waals surface area contributed by atoms with Crippen LogP contribution in [0.2, 0.25) is 0 Å². The molecule has 10 aromatic carbocycles. The molecule has 62 heavy (non-hydrogen) atoms. The van der Waals surface area contributed by atoms with Gasteiger partial charge in [-0.2, -0.15) is 0 Å². The Labute approximate surface area is 366 Å². The number of thiophene rings is 1. The Morgan fingerprint density at radius 3 is 1.76 bits per heavy atom. The third-order valence-corrected chi connectivity index (χ3v) is 14.2. The molecule has 0 amide bonds. The SMILES string of the molecule is CC1(C)c2ccccc2-c2cc(N(c3ccccc3)c3cc(N(c4ccccc4)c4ccccc4-c4ccccc4)c4ccc5ccc6c7ccccc7sc6c5c4c3)ccc21. The number of hydrogen-bond acceptors (Lipinski definition) is 3. The van der Waals surface area contributed by atoms with Crippen LogP contribution in [-0.2, 0) is 5.41 Å². The van der Waals surface area contributed by atoms with E-state index < -0.39 is 0 Å². The van der Waals surface area contributed by atoms with E-state index in [-0.39, 0.29) is 5.41 Å². The Kier molecular flexibility index (Phi) is 8.41. The molecule has 3 heteroatoms. The Morgan fingerprint density at radius 2 is 0.984 bits per heavy atom. The molecular formula is C59H42N2S. The number of fused-ring (bicyclic) bond motifs is 10. The maximum absolute atomic E-state index is 2.48. The van der Waals surface area contributed by atoms with Gasteiger partial charge >= 0.3 is 0 Å². The first kappa shape index (κ1) is 36.4. The summed E-state index contributed by atoms with van der Waals surface area (Å²) in [6, 6.07) is 80.5. The average Bonchev–Trinajstić information content (AvgIpc) is 3.82. The minimum Gasteiger partial charge on any atom is -0.310 e. The second-order valence-corrected chi connectivity index (χ2v) is 17.9. The van der Waals surface area contributed by atoms with Crippen LogP contribution < -0.4 is 9.80 Å². The standard InChI is InChI=1S/C59H42N2S/c1-59(2)52-27-15-12-25-46(52)50-36-43(32-35-53(50)59)60(41-20-8-4-9-21-41)44-37-51-47(33-30-40-31-34-49-48-26-14-17-29-56(48)62-58(49)57(40)51)55(38-44)61(42-22-10-5-11-23-42)54-28-16-13-24-45(54)39-18-6-3-7-19-39/h3-38H,1-2H3. The molecule has 0 saturated heterocycles. The van der Waals surface area contributed by atoms with Gasteiger partial charge in [-0.25, -0.2) is 0 Å². The molecule has 1 heterocycles. The number of rotatable bonds is 7. The predicted molar refractivity (Wildman–Crippen MR) is 267 cm³/mol. The van der Waals surface area contributed by atoms with Crippen LogP contribution >= 0.6 is 11.3 Å². The molecule has 11 aromatic rings. The first-order valence-corrected chi connectivity index (χ1v) is 22.2. The molecule has 0 radical (unpaired) electrons. The Morgan fingerprint density at radius 1 is 0.371 bits per heavy atom. The van der Waals surface area contributed by atoms with Gasteiger partial charge < -0.3 is 9.80 Å². The smallest absolute Gasteiger partial charge is 0.0561 e. The topological polar surface area (TPSA) is 6.48 Å². The van der Waals surface area contributed by atoms with E-state index in [2.05, 4.69) is 242 Å². The van der Waals surface area contributed by atoms with Crippen LogP contribution in [0.1, 0.15) is 25.0 Å². The number of nitrogens with zero attached hydrogens (tertiary/aromatic N) is 2. The van der Waals surface area contributed by atoms with Crippen molar-refractivity contribution in [1.29, 1.82) is 0 Å². The van der Waals surface area contributed by atoms with Crippen LogP contribution in [0.3, 0.4) is 0 Å². The molecule has 1 aliphatic rings. The molecule has 0 fully saturated rings. The molecule has 1 aromatic heterocycles. The zero-order valence-corrected chi connectivity index (χ0v) is 35.4. The van der Waals surface area contributed by atoms with E-state index >= 15 is 0 Å². The summed E-state index contributed by atoms with van der Waals surface area (Å²) in [6.45, 7) is 4.71. The van der Waals surface area contributed by atoms with Crippen LogP contribution in [0.25, 0.3) is 64.0 Å². The number of para-hydroxylation sites is 3. The Hall–Kier alpha value is -7.46. The quantitative estimate of drug-likeness (QED) is 0.148. The molecule has 0 unspecified atom stereocenters. The van der Waals surface area contributed by atoms with E-state index in [4.69, 9.17) is 0 Å². The van der Waals surface area contributed by atoms with Gasteiger partial charge in [0.05, 0.1) is 11.4 Å².